The minimum Gasteiger partial charge on any atom is -0.363 e. The molecular weight excluding hydrogens is 246 g/mol. The molecule has 1 fully saturated rings. The summed E-state index contributed by atoms with van der Waals surface area (Å²) in [7, 11) is 2.07. The first-order chi connectivity index (χ1) is 9.40. The lowest BCUT2D eigenvalue weighted by Gasteiger charge is -2.40. The zero-order valence-corrected chi connectivity index (χ0v) is 13.1. The Morgan fingerprint density at radius 3 is 2.50 bits per heavy atom. The van der Waals surface area contributed by atoms with Crippen LogP contribution in [0.3, 0.4) is 0 Å². The van der Waals surface area contributed by atoms with Crippen molar-refractivity contribution in [3.05, 3.63) is 30.3 Å². The first kappa shape index (κ1) is 14.9. The van der Waals surface area contributed by atoms with Crippen LogP contribution in [0.25, 0.3) is 0 Å². The van der Waals surface area contributed by atoms with Gasteiger partial charge in [0.05, 0.1) is 12.1 Å². The van der Waals surface area contributed by atoms with Gasteiger partial charge in [-0.2, -0.15) is 0 Å². The second kappa shape index (κ2) is 5.89. The van der Waals surface area contributed by atoms with Crippen molar-refractivity contribution < 1.29 is 4.74 Å². The molecule has 1 aliphatic rings. The third-order valence-corrected chi connectivity index (χ3v) is 3.80. The molecule has 1 aromatic carbocycles. The summed E-state index contributed by atoms with van der Waals surface area (Å²) < 4.78 is 6.16. The molecule has 0 spiro atoms. The van der Waals surface area contributed by atoms with Crippen molar-refractivity contribution in [2.24, 2.45) is 0 Å². The van der Waals surface area contributed by atoms with Gasteiger partial charge in [0.1, 0.15) is 5.60 Å². The molecule has 0 aliphatic carbocycles. The van der Waals surface area contributed by atoms with Crippen molar-refractivity contribution in [2.45, 2.75) is 51.2 Å². The van der Waals surface area contributed by atoms with Gasteiger partial charge in [0.25, 0.3) is 0 Å². The molecule has 0 radical (unpaired) electrons. The fraction of sp³-hybridized carbons (Fsp3) is 0.556. The highest BCUT2D eigenvalue weighted by molar-refractivity contribution is 5.46. The summed E-state index contributed by atoms with van der Waals surface area (Å²) in [5.74, 6) is 6.62. The summed E-state index contributed by atoms with van der Waals surface area (Å²) in [6, 6.07) is 10.3. The maximum atomic E-state index is 6.16. The number of hydrogen-bond donors (Lipinski definition) is 0. The molecule has 20 heavy (non-hydrogen) atoms. The average molecular weight is 271 g/mol. The molecule has 108 valence electrons. The van der Waals surface area contributed by atoms with E-state index in [2.05, 4.69) is 56.7 Å². The Morgan fingerprint density at radius 2 is 1.85 bits per heavy atom. The van der Waals surface area contributed by atoms with Crippen LogP contribution in [0.5, 0.6) is 0 Å². The fourth-order valence-electron chi connectivity index (χ4n) is 2.77. The van der Waals surface area contributed by atoms with Crippen LogP contribution < -0.4 is 4.90 Å². The van der Waals surface area contributed by atoms with E-state index in [1.165, 1.54) is 12.1 Å². The maximum Gasteiger partial charge on any atom is 0.126 e. The van der Waals surface area contributed by atoms with Crippen LogP contribution in [0.15, 0.2) is 30.3 Å². The molecule has 1 heterocycles. The van der Waals surface area contributed by atoms with Gasteiger partial charge in [-0.1, -0.05) is 30.0 Å². The molecule has 1 aromatic rings. The third-order valence-electron chi connectivity index (χ3n) is 3.80. The number of nitrogens with zero attached hydrogens (tertiary/aromatic N) is 1. The van der Waals surface area contributed by atoms with E-state index in [-0.39, 0.29) is 11.2 Å². The Bertz CT molecular complexity index is 497. The number of rotatable bonds is 2. The Labute approximate surface area is 123 Å². The van der Waals surface area contributed by atoms with Crippen molar-refractivity contribution >= 4 is 5.69 Å². The number of anilines is 1. The largest absolute Gasteiger partial charge is 0.363 e. The topological polar surface area (TPSA) is 12.5 Å². The first-order valence-corrected chi connectivity index (χ1v) is 7.37. The minimum absolute atomic E-state index is 0.0486. The summed E-state index contributed by atoms with van der Waals surface area (Å²) in [4.78, 5) is 2.16. The lowest BCUT2D eigenvalue weighted by Crippen LogP contribution is -2.42. The number of ether oxygens (including phenoxy) is 1. The molecule has 2 rings (SSSR count). The molecule has 2 nitrogen and oxygen atoms in total. The Hall–Kier alpha value is -1.46. The van der Waals surface area contributed by atoms with Gasteiger partial charge in [0.2, 0.25) is 0 Å². The van der Waals surface area contributed by atoms with Crippen molar-refractivity contribution in [3.8, 4) is 11.8 Å². The zero-order chi connectivity index (χ0) is 14.6. The van der Waals surface area contributed by atoms with E-state index in [1.54, 1.807) is 0 Å². The van der Waals surface area contributed by atoms with Crippen molar-refractivity contribution in [1.29, 1.82) is 0 Å². The molecule has 0 aromatic heterocycles. The van der Waals surface area contributed by atoms with E-state index < -0.39 is 0 Å². The standard InChI is InChI=1S/C18H25NO/c1-17(2)12-8-13-18(3,20-17)14-9-15-19(4)16-10-6-5-7-11-16/h5-7,10-11H,8,12-13,15H2,1-4H3. The molecule has 1 atom stereocenters. The summed E-state index contributed by atoms with van der Waals surface area (Å²) in [6.07, 6.45) is 3.33. The molecule has 0 N–H and O–H groups in total. The predicted molar refractivity (Wildman–Crippen MR) is 84.9 cm³/mol. The molecule has 1 saturated heterocycles. The SMILES string of the molecule is CN(CC#CC1(C)CCCC(C)(C)O1)c1ccccc1. The quantitative estimate of drug-likeness (QED) is 0.757. The van der Waals surface area contributed by atoms with Gasteiger partial charge in [-0.15, -0.1) is 0 Å². The van der Waals surface area contributed by atoms with Gasteiger partial charge in [0, 0.05) is 12.7 Å². The maximum absolute atomic E-state index is 6.16. The van der Waals surface area contributed by atoms with Gasteiger partial charge in [-0.3, -0.25) is 0 Å². The Kier molecular flexibility index (Phi) is 4.40. The van der Waals surface area contributed by atoms with Gasteiger partial charge < -0.3 is 9.64 Å². The fourth-order valence-corrected chi connectivity index (χ4v) is 2.77. The van der Waals surface area contributed by atoms with E-state index >= 15 is 0 Å². The third kappa shape index (κ3) is 4.02. The van der Waals surface area contributed by atoms with E-state index in [9.17, 15) is 0 Å². The highest BCUT2D eigenvalue weighted by Crippen LogP contribution is 2.34. The Morgan fingerprint density at radius 1 is 1.15 bits per heavy atom. The van der Waals surface area contributed by atoms with Crippen molar-refractivity contribution in [3.63, 3.8) is 0 Å². The van der Waals surface area contributed by atoms with Gasteiger partial charge in [0.15, 0.2) is 0 Å². The van der Waals surface area contributed by atoms with Gasteiger partial charge >= 0.3 is 0 Å². The molecule has 2 heteroatoms. The number of benzene rings is 1. The predicted octanol–water partition coefficient (Wildman–Crippen LogP) is 3.86. The second-order valence-electron chi connectivity index (χ2n) is 6.44. The minimum atomic E-state index is -0.292. The summed E-state index contributed by atoms with van der Waals surface area (Å²) in [5, 5.41) is 0. The van der Waals surface area contributed by atoms with Crippen LogP contribution in [0.1, 0.15) is 40.0 Å². The van der Waals surface area contributed by atoms with Crippen LogP contribution in [-0.4, -0.2) is 24.8 Å². The van der Waals surface area contributed by atoms with Gasteiger partial charge in [-0.05, 0) is 52.2 Å². The van der Waals surface area contributed by atoms with E-state index in [1.807, 2.05) is 18.2 Å². The van der Waals surface area contributed by atoms with E-state index in [0.29, 0.717) is 0 Å². The monoisotopic (exact) mass is 271 g/mol. The normalized spacial score (nSPS) is 24.6. The van der Waals surface area contributed by atoms with E-state index in [0.717, 1.165) is 19.4 Å². The zero-order valence-electron chi connectivity index (χ0n) is 13.1. The molecule has 0 bridgehead atoms. The van der Waals surface area contributed by atoms with E-state index in [4.69, 9.17) is 4.74 Å². The highest BCUT2D eigenvalue weighted by atomic mass is 16.5. The summed E-state index contributed by atoms with van der Waals surface area (Å²) in [6.45, 7) is 7.15. The molecule has 0 amide bonds. The summed E-state index contributed by atoms with van der Waals surface area (Å²) >= 11 is 0. The lowest BCUT2D eigenvalue weighted by atomic mass is 9.88. The van der Waals surface area contributed by atoms with Crippen LogP contribution >= 0.6 is 0 Å². The van der Waals surface area contributed by atoms with Gasteiger partial charge in [-0.25, -0.2) is 0 Å². The Balaban J connectivity index is 1.97. The van der Waals surface area contributed by atoms with Crippen molar-refractivity contribution in [2.75, 3.05) is 18.5 Å². The molecule has 1 unspecified atom stereocenters. The number of para-hydroxylation sites is 1. The molecule has 1 aliphatic heterocycles. The lowest BCUT2D eigenvalue weighted by molar-refractivity contribution is -0.135. The van der Waals surface area contributed by atoms with Crippen LogP contribution in [-0.2, 0) is 4.74 Å². The van der Waals surface area contributed by atoms with Crippen LogP contribution in [0.2, 0.25) is 0 Å². The molecule has 0 saturated carbocycles. The first-order valence-electron chi connectivity index (χ1n) is 7.37. The average Bonchev–Trinajstić information content (AvgIpc) is 2.38. The van der Waals surface area contributed by atoms with Crippen LogP contribution in [0, 0.1) is 11.8 Å². The number of hydrogen-bond acceptors (Lipinski definition) is 2. The summed E-state index contributed by atoms with van der Waals surface area (Å²) in [5.41, 5.74) is 0.851. The van der Waals surface area contributed by atoms with Crippen LogP contribution in [0.4, 0.5) is 5.69 Å². The van der Waals surface area contributed by atoms with Crippen molar-refractivity contribution in [1.82, 2.24) is 0 Å². The molecular formula is C18H25NO. The smallest absolute Gasteiger partial charge is 0.126 e. The highest BCUT2D eigenvalue weighted by Gasteiger charge is 2.35. The second-order valence-corrected chi connectivity index (χ2v) is 6.44.